The van der Waals surface area contributed by atoms with Gasteiger partial charge >= 0.3 is 0 Å². The average molecular weight is 377 g/mol. The van der Waals surface area contributed by atoms with E-state index in [1.165, 1.54) is 11.7 Å². The van der Waals surface area contributed by atoms with E-state index in [1.54, 1.807) is 32.4 Å². The van der Waals surface area contributed by atoms with Crippen molar-refractivity contribution in [2.45, 2.75) is 18.4 Å². The van der Waals surface area contributed by atoms with Gasteiger partial charge in [-0.1, -0.05) is 5.21 Å². The Labute approximate surface area is 150 Å². The first-order valence-electron chi connectivity index (χ1n) is 7.79. The van der Waals surface area contributed by atoms with Crippen LogP contribution in [0.15, 0.2) is 29.4 Å². The molecule has 0 atom stereocenters. The maximum atomic E-state index is 12.9. The number of carbonyl (C=O) groups excluding carboxylic acids is 1. The van der Waals surface area contributed by atoms with E-state index < -0.39 is 15.9 Å². The number of H-pyrrole nitrogens is 1. The van der Waals surface area contributed by atoms with Crippen molar-refractivity contribution < 1.29 is 13.2 Å². The number of nitrogens with one attached hydrogen (secondary N) is 2. The highest BCUT2D eigenvalue weighted by Crippen LogP contribution is 2.25. The van der Waals surface area contributed by atoms with Crippen molar-refractivity contribution in [2.24, 2.45) is 7.05 Å². The molecular formula is C15H19N7O3S. The number of benzene rings is 1. The Kier molecular flexibility index (Phi) is 4.74. The summed E-state index contributed by atoms with van der Waals surface area (Å²) in [4.78, 5) is 12.2. The topological polar surface area (TPSA) is 126 Å². The first-order chi connectivity index (χ1) is 12.3. The van der Waals surface area contributed by atoms with Crippen molar-refractivity contribution in [3.8, 4) is 0 Å². The molecule has 0 radical (unpaired) electrons. The fourth-order valence-electron chi connectivity index (χ4n) is 2.55. The first-order valence-corrected chi connectivity index (χ1v) is 9.23. The Balaban J connectivity index is 1.74. The molecule has 0 spiro atoms. The highest BCUT2D eigenvalue weighted by molar-refractivity contribution is 7.89. The first kappa shape index (κ1) is 18.0. The van der Waals surface area contributed by atoms with Gasteiger partial charge in [0.25, 0.3) is 0 Å². The second-order valence-electron chi connectivity index (χ2n) is 6.02. The number of hydrogen-bond acceptors (Lipinski definition) is 6. The molecule has 3 rings (SSSR count). The van der Waals surface area contributed by atoms with Gasteiger partial charge in [-0.2, -0.15) is 9.40 Å². The lowest BCUT2D eigenvalue weighted by atomic mass is 10.2. The van der Waals surface area contributed by atoms with Gasteiger partial charge in [-0.25, -0.2) is 8.42 Å². The van der Waals surface area contributed by atoms with Crippen LogP contribution in [0.5, 0.6) is 0 Å². The predicted octanol–water partition coefficient (Wildman–Crippen LogP) is -0.0633. The van der Waals surface area contributed by atoms with Crippen LogP contribution in [0, 0.1) is 6.92 Å². The number of rotatable bonds is 6. The Hall–Kier alpha value is -2.79. The third-order valence-corrected chi connectivity index (χ3v) is 5.66. The molecule has 10 nitrogen and oxygen atoms in total. The van der Waals surface area contributed by atoms with Crippen LogP contribution in [-0.4, -0.2) is 57.4 Å². The molecular weight excluding hydrogens is 358 g/mol. The largest absolute Gasteiger partial charge is 0.349 e. The highest BCUT2D eigenvalue weighted by Gasteiger charge is 2.26. The lowest BCUT2D eigenvalue weighted by molar-refractivity contribution is -0.121. The molecule has 26 heavy (non-hydrogen) atoms. The number of carbonyl (C=O) groups is 1. The van der Waals surface area contributed by atoms with Gasteiger partial charge < -0.3 is 5.32 Å². The van der Waals surface area contributed by atoms with Gasteiger partial charge in [0, 0.05) is 25.7 Å². The van der Waals surface area contributed by atoms with Gasteiger partial charge in [0.05, 0.1) is 24.8 Å². The number of aromatic nitrogens is 5. The summed E-state index contributed by atoms with van der Waals surface area (Å²) in [5.41, 5.74) is 1.80. The quantitative estimate of drug-likeness (QED) is 0.620. The molecule has 0 aliphatic rings. The van der Waals surface area contributed by atoms with Crippen molar-refractivity contribution in [1.29, 1.82) is 0 Å². The summed E-state index contributed by atoms with van der Waals surface area (Å²) in [5, 5.41) is 17.6. The zero-order valence-electron chi connectivity index (χ0n) is 14.6. The second kappa shape index (κ2) is 6.84. The number of sulfonamides is 1. The summed E-state index contributed by atoms with van der Waals surface area (Å²) in [6, 6.07) is 3.40. The summed E-state index contributed by atoms with van der Waals surface area (Å²) < 4.78 is 28.3. The molecule has 0 bridgehead atoms. The van der Waals surface area contributed by atoms with Crippen molar-refractivity contribution >= 4 is 26.8 Å². The zero-order chi connectivity index (χ0) is 18.9. The van der Waals surface area contributed by atoms with Crippen LogP contribution in [0.3, 0.4) is 0 Å². The molecule has 0 saturated heterocycles. The molecule has 0 unspecified atom stereocenters. The van der Waals surface area contributed by atoms with E-state index in [2.05, 4.69) is 25.8 Å². The smallest absolute Gasteiger partial charge is 0.245 e. The van der Waals surface area contributed by atoms with Gasteiger partial charge in [0.1, 0.15) is 10.6 Å². The normalized spacial score (nSPS) is 12.0. The summed E-state index contributed by atoms with van der Waals surface area (Å²) in [7, 11) is -0.781. The van der Waals surface area contributed by atoms with E-state index in [9.17, 15) is 13.2 Å². The van der Waals surface area contributed by atoms with Crippen LogP contribution >= 0.6 is 0 Å². The van der Waals surface area contributed by atoms with Crippen molar-refractivity contribution in [3.63, 3.8) is 0 Å². The Bertz CT molecular complexity index is 1050. The molecule has 11 heteroatoms. The van der Waals surface area contributed by atoms with E-state index in [1.807, 2.05) is 6.07 Å². The van der Waals surface area contributed by atoms with Gasteiger partial charge in [0.2, 0.25) is 15.9 Å². The van der Waals surface area contributed by atoms with E-state index >= 15 is 0 Å². The van der Waals surface area contributed by atoms with Crippen LogP contribution in [-0.2, 0) is 28.4 Å². The van der Waals surface area contributed by atoms with Crippen LogP contribution in [0.1, 0.15) is 11.3 Å². The molecule has 2 N–H and O–H groups in total. The highest BCUT2D eigenvalue weighted by atomic mass is 32.2. The summed E-state index contributed by atoms with van der Waals surface area (Å²) >= 11 is 0. The molecule has 0 aliphatic heterocycles. The molecule has 138 valence electrons. The summed E-state index contributed by atoms with van der Waals surface area (Å²) in [6.45, 7) is 1.67. The molecule has 0 fully saturated rings. The standard InChI is InChI=1S/C15H19N7O3S/c1-10-4-11-6-17-19-15(11)13(5-10)26(24,25)22(3)9-14(23)16-7-12-8-21(2)20-18-12/h4-6,8H,7,9H2,1-3H3,(H,16,23)(H,17,19). The maximum Gasteiger partial charge on any atom is 0.245 e. The molecule has 1 amide bonds. The van der Waals surface area contributed by atoms with E-state index in [0.717, 1.165) is 9.87 Å². The van der Waals surface area contributed by atoms with Crippen LogP contribution in [0.2, 0.25) is 0 Å². The zero-order valence-corrected chi connectivity index (χ0v) is 15.4. The molecule has 1 aromatic carbocycles. The fraction of sp³-hybridized carbons (Fsp3) is 0.333. The number of hydrogen-bond donors (Lipinski definition) is 2. The van der Waals surface area contributed by atoms with Gasteiger partial charge in [-0.05, 0) is 24.6 Å². The van der Waals surface area contributed by atoms with Crippen molar-refractivity contribution in [1.82, 2.24) is 34.8 Å². The molecule has 2 aromatic heterocycles. The summed E-state index contributed by atoms with van der Waals surface area (Å²) in [6.07, 6.45) is 3.23. The van der Waals surface area contributed by atoms with Gasteiger partial charge in [-0.15, -0.1) is 5.10 Å². The minimum absolute atomic E-state index is 0.0919. The predicted molar refractivity (Wildman–Crippen MR) is 93.5 cm³/mol. The minimum atomic E-state index is -3.86. The lowest BCUT2D eigenvalue weighted by Gasteiger charge is -2.17. The SMILES string of the molecule is Cc1cc(S(=O)(=O)N(C)CC(=O)NCc2cn(C)nn2)c2[nH]ncc2c1. The van der Waals surface area contributed by atoms with E-state index in [0.29, 0.717) is 16.6 Å². The van der Waals surface area contributed by atoms with Crippen LogP contribution in [0.4, 0.5) is 0 Å². The molecule has 0 saturated carbocycles. The van der Waals surface area contributed by atoms with Crippen LogP contribution < -0.4 is 5.32 Å². The number of aromatic amines is 1. The number of fused-ring (bicyclic) bond motifs is 1. The number of aryl methyl sites for hydroxylation is 2. The molecule has 0 aliphatic carbocycles. The number of nitrogens with zero attached hydrogens (tertiary/aromatic N) is 5. The van der Waals surface area contributed by atoms with Crippen LogP contribution in [0.25, 0.3) is 10.9 Å². The second-order valence-corrected chi connectivity index (χ2v) is 8.03. The lowest BCUT2D eigenvalue weighted by Crippen LogP contribution is -2.38. The maximum absolute atomic E-state index is 12.9. The molecule has 3 aromatic rings. The van der Waals surface area contributed by atoms with E-state index in [4.69, 9.17) is 0 Å². The average Bonchev–Trinajstić information content (AvgIpc) is 3.20. The van der Waals surface area contributed by atoms with Gasteiger partial charge in [-0.3, -0.25) is 14.6 Å². The Morgan fingerprint density at radius 1 is 1.38 bits per heavy atom. The summed E-state index contributed by atoms with van der Waals surface area (Å²) in [5.74, 6) is -0.435. The molecule has 2 heterocycles. The Morgan fingerprint density at radius 2 is 2.15 bits per heavy atom. The van der Waals surface area contributed by atoms with Crippen molar-refractivity contribution in [3.05, 3.63) is 35.8 Å². The minimum Gasteiger partial charge on any atom is -0.349 e. The van der Waals surface area contributed by atoms with Crippen molar-refractivity contribution in [2.75, 3.05) is 13.6 Å². The third-order valence-electron chi connectivity index (χ3n) is 3.83. The number of amides is 1. The van der Waals surface area contributed by atoms with E-state index in [-0.39, 0.29) is 18.0 Å². The number of likely N-dealkylation sites (N-methyl/N-ethyl adjacent to an activating group) is 1. The fourth-order valence-corrected chi connectivity index (χ4v) is 3.93. The Morgan fingerprint density at radius 3 is 2.85 bits per heavy atom. The monoisotopic (exact) mass is 377 g/mol. The van der Waals surface area contributed by atoms with Gasteiger partial charge in [0.15, 0.2) is 0 Å². The third kappa shape index (κ3) is 3.58.